The largest absolute Gasteiger partial charge is 0.612 e. The van der Waals surface area contributed by atoms with Crippen molar-refractivity contribution in [1.82, 2.24) is 0 Å². The highest BCUT2D eigenvalue weighted by molar-refractivity contribution is 7.95. The first kappa shape index (κ1) is 9.52. The smallest absolute Gasteiger partial charge is 0.209 e. The van der Waals surface area contributed by atoms with Crippen molar-refractivity contribution in [3.8, 4) is 0 Å². The maximum absolute atomic E-state index is 10.8. The highest BCUT2D eigenvalue weighted by Crippen LogP contribution is 2.09. The third-order valence-electron chi connectivity index (χ3n) is 0.957. The van der Waals surface area contributed by atoms with E-state index < -0.39 is 11.2 Å². The van der Waals surface area contributed by atoms with Gasteiger partial charge in [-0.15, -0.1) is 0 Å². The van der Waals surface area contributed by atoms with E-state index in [0.717, 1.165) is 0 Å². The maximum atomic E-state index is 10.8. The Labute approximate surface area is 63.4 Å². The molecule has 3 nitrogen and oxygen atoms in total. The predicted octanol–water partition coefficient (Wildman–Crippen LogP) is 1.19. The molecule has 1 atom stereocenters. The summed E-state index contributed by atoms with van der Waals surface area (Å²) in [5.74, 6) is -0.0340. The Hall–Kier alpha value is -0.480. The lowest BCUT2D eigenvalue weighted by molar-refractivity contribution is 0.413. The molecular formula is C6H11NO2S. The second-order valence-electron chi connectivity index (χ2n) is 1.99. The van der Waals surface area contributed by atoms with Crippen LogP contribution in [0.2, 0.25) is 0 Å². The van der Waals surface area contributed by atoms with E-state index in [0.29, 0.717) is 0 Å². The lowest BCUT2D eigenvalue weighted by Crippen LogP contribution is -2.10. The molecular weight excluding hydrogens is 150 g/mol. The Kier molecular flexibility index (Phi) is 3.46. The average molecular weight is 161 g/mol. The van der Waals surface area contributed by atoms with Crippen LogP contribution in [0.3, 0.4) is 0 Å². The summed E-state index contributed by atoms with van der Waals surface area (Å²) >= 11 is -1.26. The third kappa shape index (κ3) is 2.41. The normalized spacial score (nSPS) is 16.0. The number of hydrogen-bond acceptors (Lipinski definition) is 3. The lowest BCUT2D eigenvalue weighted by Gasteiger charge is -2.07. The molecule has 0 amide bonds. The second-order valence-corrected chi connectivity index (χ2v) is 3.31. The van der Waals surface area contributed by atoms with Crippen LogP contribution < -0.4 is 0 Å². The summed E-state index contributed by atoms with van der Waals surface area (Å²) in [7, 11) is 0. The zero-order chi connectivity index (χ0) is 8.31. The van der Waals surface area contributed by atoms with Crippen molar-refractivity contribution in [2.24, 2.45) is 0 Å². The third-order valence-corrected chi connectivity index (χ3v) is 2.13. The molecule has 0 bridgehead atoms. The van der Waals surface area contributed by atoms with Crippen molar-refractivity contribution in [1.29, 1.82) is 5.41 Å². The zero-order valence-electron chi connectivity index (χ0n) is 6.26. The number of aliphatic hydroxyl groups is 1. The van der Waals surface area contributed by atoms with Gasteiger partial charge in [0.05, 0.1) is 5.71 Å². The maximum Gasteiger partial charge on any atom is 0.209 e. The van der Waals surface area contributed by atoms with Gasteiger partial charge in [-0.25, -0.2) is 0 Å². The first-order valence-corrected chi connectivity index (χ1v) is 4.31. The molecule has 58 valence electrons. The predicted molar refractivity (Wildman–Crippen MR) is 42.8 cm³/mol. The standard InChI is InChI=1S/C6H11NO2S/c1-4(7)6(5(2)8)10(3)9/h7-8H,1-3H3/b6-5+,7-4?. The molecule has 0 saturated carbocycles. The fourth-order valence-electron chi connectivity index (χ4n) is 0.695. The molecule has 0 aromatic carbocycles. The van der Waals surface area contributed by atoms with Crippen LogP contribution in [0, 0.1) is 5.41 Å². The van der Waals surface area contributed by atoms with Gasteiger partial charge < -0.3 is 15.1 Å². The summed E-state index contributed by atoms with van der Waals surface area (Å²) in [4.78, 5) is 0.222. The SMILES string of the molecule is CC(=N)/C(=C(/C)O)[S+](C)[O-]. The minimum absolute atomic E-state index is 0.0340. The summed E-state index contributed by atoms with van der Waals surface area (Å²) in [6, 6.07) is 0. The Bertz CT molecular complexity index is 171. The van der Waals surface area contributed by atoms with Gasteiger partial charge in [-0.3, -0.25) is 0 Å². The van der Waals surface area contributed by atoms with Gasteiger partial charge in [0, 0.05) is 0 Å². The van der Waals surface area contributed by atoms with E-state index in [9.17, 15) is 4.55 Å². The molecule has 0 rings (SSSR count). The van der Waals surface area contributed by atoms with E-state index in [4.69, 9.17) is 10.5 Å². The summed E-state index contributed by atoms with van der Waals surface area (Å²) < 4.78 is 10.8. The van der Waals surface area contributed by atoms with Crippen LogP contribution in [0.25, 0.3) is 0 Å². The number of nitrogens with one attached hydrogen (secondary N) is 1. The van der Waals surface area contributed by atoms with Gasteiger partial charge in [-0.1, -0.05) is 0 Å². The highest BCUT2D eigenvalue weighted by atomic mass is 32.2. The molecule has 0 radical (unpaired) electrons. The summed E-state index contributed by atoms with van der Waals surface area (Å²) in [5, 5.41) is 16.0. The number of allylic oxidation sites excluding steroid dienone is 2. The van der Waals surface area contributed by atoms with Gasteiger partial charge in [0.1, 0.15) is 12.0 Å². The first-order chi connectivity index (χ1) is 4.46. The van der Waals surface area contributed by atoms with Crippen LogP contribution in [-0.2, 0) is 11.2 Å². The lowest BCUT2D eigenvalue weighted by atomic mass is 10.3. The summed E-state index contributed by atoms with van der Waals surface area (Å²) in [5.41, 5.74) is 0.154. The van der Waals surface area contributed by atoms with E-state index in [2.05, 4.69) is 0 Å². The van der Waals surface area contributed by atoms with Crippen molar-refractivity contribution in [2.45, 2.75) is 13.8 Å². The summed E-state index contributed by atoms with van der Waals surface area (Å²) in [6.07, 6.45) is 1.44. The van der Waals surface area contributed by atoms with Crippen LogP contribution in [-0.4, -0.2) is 21.6 Å². The molecule has 10 heavy (non-hydrogen) atoms. The van der Waals surface area contributed by atoms with Crippen molar-refractivity contribution in [3.63, 3.8) is 0 Å². The van der Waals surface area contributed by atoms with Crippen LogP contribution >= 0.6 is 0 Å². The molecule has 1 unspecified atom stereocenters. The van der Waals surface area contributed by atoms with E-state index in [1.54, 1.807) is 0 Å². The molecule has 4 heteroatoms. The van der Waals surface area contributed by atoms with Gasteiger partial charge in [0.25, 0.3) is 0 Å². The van der Waals surface area contributed by atoms with Crippen LogP contribution in [0.5, 0.6) is 0 Å². The number of aliphatic hydroxyl groups excluding tert-OH is 1. The van der Waals surface area contributed by atoms with Crippen LogP contribution in [0.4, 0.5) is 0 Å². The average Bonchev–Trinajstić information content (AvgIpc) is 1.59. The first-order valence-electron chi connectivity index (χ1n) is 2.75. The van der Waals surface area contributed by atoms with E-state index in [1.165, 1.54) is 20.1 Å². The summed E-state index contributed by atoms with van der Waals surface area (Å²) in [6.45, 7) is 2.92. The van der Waals surface area contributed by atoms with E-state index in [1.807, 2.05) is 0 Å². The minimum Gasteiger partial charge on any atom is -0.612 e. The quantitative estimate of drug-likeness (QED) is 0.363. The highest BCUT2D eigenvalue weighted by Gasteiger charge is 2.14. The Morgan fingerprint density at radius 1 is 1.50 bits per heavy atom. The van der Waals surface area contributed by atoms with Gasteiger partial charge in [0.15, 0.2) is 0 Å². The van der Waals surface area contributed by atoms with Gasteiger partial charge in [0.2, 0.25) is 4.91 Å². The molecule has 0 aliphatic carbocycles. The topological polar surface area (TPSA) is 67.1 Å². The van der Waals surface area contributed by atoms with Gasteiger partial charge in [-0.05, 0) is 25.0 Å². The van der Waals surface area contributed by atoms with Crippen LogP contribution in [0.1, 0.15) is 13.8 Å². The minimum atomic E-state index is -1.26. The van der Waals surface area contributed by atoms with Gasteiger partial charge in [-0.2, -0.15) is 0 Å². The molecule has 0 heterocycles. The Balaban J connectivity index is 4.61. The number of rotatable bonds is 2. The van der Waals surface area contributed by atoms with Crippen molar-refractivity contribution < 1.29 is 9.66 Å². The fourth-order valence-corrected chi connectivity index (χ4v) is 1.54. The van der Waals surface area contributed by atoms with Crippen LogP contribution in [0.15, 0.2) is 10.7 Å². The Morgan fingerprint density at radius 3 is 1.90 bits per heavy atom. The van der Waals surface area contributed by atoms with Gasteiger partial charge >= 0.3 is 0 Å². The second kappa shape index (κ2) is 3.63. The molecule has 2 N–H and O–H groups in total. The number of hydrogen-bond donors (Lipinski definition) is 2. The molecule has 0 aliphatic rings. The molecule has 0 aliphatic heterocycles. The van der Waals surface area contributed by atoms with E-state index >= 15 is 0 Å². The molecule has 0 fully saturated rings. The molecule has 0 saturated heterocycles. The fraction of sp³-hybridized carbons (Fsp3) is 0.500. The van der Waals surface area contributed by atoms with Crippen molar-refractivity contribution >= 4 is 16.9 Å². The molecule has 0 aromatic rings. The van der Waals surface area contributed by atoms with E-state index in [-0.39, 0.29) is 16.4 Å². The Morgan fingerprint density at radius 2 is 1.90 bits per heavy atom. The zero-order valence-corrected chi connectivity index (χ0v) is 7.08. The monoisotopic (exact) mass is 161 g/mol. The van der Waals surface area contributed by atoms with Crippen molar-refractivity contribution in [2.75, 3.05) is 6.26 Å². The molecule has 0 aromatic heterocycles. The molecule has 0 spiro atoms. The van der Waals surface area contributed by atoms with Crippen molar-refractivity contribution in [3.05, 3.63) is 10.7 Å².